The molecule has 0 saturated heterocycles. The smallest absolute Gasteiger partial charge is 0.279 e. The van der Waals surface area contributed by atoms with E-state index in [2.05, 4.69) is 6.58 Å². The molecule has 0 aromatic heterocycles. The van der Waals surface area contributed by atoms with Crippen LogP contribution in [0.1, 0.15) is 25.0 Å². The SMILES string of the molecule is C=C(C(=O)CC)C(O)c1cc2c(cc1[N+](=O)[O-])OCO2. The van der Waals surface area contributed by atoms with Gasteiger partial charge in [-0.2, -0.15) is 0 Å². The highest BCUT2D eigenvalue weighted by Crippen LogP contribution is 2.41. The standard InChI is InChI=1S/C13H13NO6/c1-3-10(15)7(2)13(16)8-4-11-12(20-6-19-11)5-9(8)14(17)18/h4-5,13,16H,2-3,6H2,1H3. The van der Waals surface area contributed by atoms with Crippen molar-refractivity contribution in [3.05, 3.63) is 40.0 Å². The molecule has 20 heavy (non-hydrogen) atoms. The molecule has 0 fully saturated rings. The van der Waals surface area contributed by atoms with Crippen LogP contribution in [-0.2, 0) is 4.79 Å². The summed E-state index contributed by atoms with van der Waals surface area (Å²) in [5.74, 6) is 0.172. The molecule has 0 radical (unpaired) electrons. The highest BCUT2D eigenvalue weighted by atomic mass is 16.7. The second kappa shape index (κ2) is 5.30. The van der Waals surface area contributed by atoms with Crippen molar-refractivity contribution in [2.45, 2.75) is 19.4 Å². The van der Waals surface area contributed by atoms with Crippen molar-refractivity contribution in [2.24, 2.45) is 0 Å². The average molecular weight is 279 g/mol. The highest BCUT2D eigenvalue weighted by molar-refractivity contribution is 5.95. The Morgan fingerprint density at radius 1 is 1.50 bits per heavy atom. The Balaban J connectivity index is 2.47. The van der Waals surface area contributed by atoms with Gasteiger partial charge in [0.25, 0.3) is 5.69 Å². The minimum Gasteiger partial charge on any atom is -0.454 e. The molecule has 0 aliphatic carbocycles. The molecule has 0 amide bonds. The monoisotopic (exact) mass is 279 g/mol. The fourth-order valence-electron chi connectivity index (χ4n) is 1.89. The van der Waals surface area contributed by atoms with Crippen LogP contribution in [0.25, 0.3) is 0 Å². The fourth-order valence-corrected chi connectivity index (χ4v) is 1.89. The minimum absolute atomic E-state index is 0.0361. The maximum atomic E-state index is 11.6. The van der Waals surface area contributed by atoms with Crippen molar-refractivity contribution in [2.75, 3.05) is 6.79 Å². The number of aliphatic hydroxyl groups is 1. The lowest BCUT2D eigenvalue weighted by Gasteiger charge is -2.13. The maximum absolute atomic E-state index is 11.6. The number of hydrogen-bond acceptors (Lipinski definition) is 6. The number of nitrogens with zero attached hydrogens (tertiary/aromatic N) is 1. The number of fused-ring (bicyclic) bond motifs is 1. The summed E-state index contributed by atoms with van der Waals surface area (Å²) in [7, 11) is 0. The summed E-state index contributed by atoms with van der Waals surface area (Å²) in [6.07, 6.45) is -1.29. The van der Waals surface area contributed by atoms with Gasteiger partial charge in [0.2, 0.25) is 6.79 Å². The quantitative estimate of drug-likeness (QED) is 0.502. The molecule has 0 bridgehead atoms. The van der Waals surface area contributed by atoms with Gasteiger partial charge in [0, 0.05) is 12.0 Å². The molecule has 7 heteroatoms. The Morgan fingerprint density at radius 3 is 2.65 bits per heavy atom. The van der Waals surface area contributed by atoms with Crippen molar-refractivity contribution in [1.29, 1.82) is 0 Å². The van der Waals surface area contributed by atoms with Crippen molar-refractivity contribution >= 4 is 11.5 Å². The molecule has 0 spiro atoms. The molecule has 1 aromatic rings. The molecule has 1 aliphatic rings. The lowest BCUT2D eigenvalue weighted by atomic mass is 9.96. The minimum atomic E-state index is -1.45. The number of hydrogen-bond donors (Lipinski definition) is 1. The Morgan fingerprint density at radius 2 is 2.10 bits per heavy atom. The summed E-state index contributed by atoms with van der Waals surface area (Å²) < 4.78 is 10.2. The Hall–Kier alpha value is -2.41. The van der Waals surface area contributed by atoms with E-state index in [-0.39, 0.29) is 41.6 Å². The van der Waals surface area contributed by atoms with Gasteiger partial charge in [-0.25, -0.2) is 0 Å². The number of ketones is 1. The Bertz CT molecular complexity index is 595. The number of rotatable bonds is 5. The van der Waals surface area contributed by atoms with E-state index >= 15 is 0 Å². The molecule has 7 nitrogen and oxygen atoms in total. The number of carbonyl (C=O) groups excluding carboxylic acids is 1. The van der Waals surface area contributed by atoms with Gasteiger partial charge < -0.3 is 14.6 Å². The zero-order valence-corrected chi connectivity index (χ0v) is 10.8. The second-order valence-corrected chi connectivity index (χ2v) is 4.23. The first-order chi connectivity index (χ1) is 9.45. The summed E-state index contributed by atoms with van der Waals surface area (Å²) >= 11 is 0. The largest absolute Gasteiger partial charge is 0.454 e. The molecule has 0 saturated carbocycles. The van der Waals surface area contributed by atoms with E-state index in [1.165, 1.54) is 12.1 Å². The van der Waals surface area contributed by atoms with E-state index in [1.54, 1.807) is 6.92 Å². The van der Waals surface area contributed by atoms with E-state index in [1.807, 2.05) is 0 Å². The van der Waals surface area contributed by atoms with Gasteiger partial charge >= 0.3 is 0 Å². The van der Waals surface area contributed by atoms with Gasteiger partial charge in [-0.3, -0.25) is 14.9 Å². The van der Waals surface area contributed by atoms with Crippen LogP contribution in [0.4, 0.5) is 5.69 Å². The zero-order valence-electron chi connectivity index (χ0n) is 10.8. The van der Waals surface area contributed by atoms with Gasteiger partial charge in [0.15, 0.2) is 17.3 Å². The van der Waals surface area contributed by atoms with Crippen molar-refractivity contribution in [3.8, 4) is 11.5 Å². The molecule has 1 aromatic carbocycles. The highest BCUT2D eigenvalue weighted by Gasteiger charge is 2.29. The van der Waals surface area contributed by atoms with Gasteiger partial charge in [-0.15, -0.1) is 0 Å². The second-order valence-electron chi connectivity index (χ2n) is 4.23. The third kappa shape index (κ3) is 2.35. The van der Waals surface area contributed by atoms with E-state index in [4.69, 9.17) is 9.47 Å². The predicted molar refractivity (Wildman–Crippen MR) is 68.6 cm³/mol. The molecule has 1 atom stereocenters. The van der Waals surface area contributed by atoms with Crippen LogP contribution in [0.15, 0.2) is 24.3 Å². The summed E-state index contributed by atoms with van der Waals surface area (Å²) in [5.41, 5.74) is -0.465. The first-order valence-corrected chi connectivity index (χ1v) is 5.93. The number of ether oxygens (including phenoxy) is 2. The van der Waals surface area contributed by atoms with Crippen LogP contribution >= 0.6 is 0 Å². The molecule has 1 aliphatic heterocycles. The van der Waals surface area contributed by atoms with Crippen LogP contribution in [0.2, 0.25) is 0 Å². The fraction of sp³-hybridized carbons (Fsp3) is 0.308. The number of carbonyl (C=O) groups is 1. The number of nitro benzene ring substituents is 1. The van der Waals surface area contributed by atoms with Crippen LogP contribution in [-0.4, -0.2) is 22.6 Å². The van der Waals surface area contributed by atoms with Gasteiger partial charge in [-0.05, 0) is 6.07 Å². The number of benzene rings is 1. The van der Waals surface area contributed by atoms with Crippen LogP contribution < -0.4 is 9.47 Å². The number of aliphatic hydroxyl groups excluding tert-OH is 1. The van der Waals surface area contributed by atoms with Gasteiger partial charge in [0.1, 0.15) is 6.10 Å². The van der Waals surface area contributed by atoms with Gasteiger partial charge in [0.05, 0.1) is 16.6 Å². The van der Waals surface area contributed by atoms with Crippen LogP contribution in [0.5, 0.6) is 11.5 Å². The molecule has 1 N–H and O–H groups in total. The molecule has 2 rings (SSSR count). The summed E-state index contributed by atoms with van der Waals surface area (Å²) in [4.78, 5) is 22.0. The molecule has 1 heterocycles. The third-order valence-corrected chi connectivity index (χ3v) is 3.02. The third-order valence-electron chi connectivity index (χ3n) is 3.02. The zero-order chi connectivity index (χ0) is 14.9. The van der Waals surface area contributed by atoms with Gasteiger partial charge in [-0.1, -0.05) is 13.5 Å². The van der Waals surface area contributed by atoms with Crippen molar-refractivity contribution < 1.29 is 24.3 Å². The van der Waals surface area contributed by atoms with E-state index in [0.717, 1.165) is 0 Å². The van der Waals surface area contributed by atoms with Crippen LogP contribution in [0, 0.1) is 10.1 Å². The lowest BCUT2D eigenvalue weighted by molar-refractivity contribution is -0.386. The normalized spacial score (nSPS) is 13.9. The summed E-state index contributed by atoms with van der Waals surface area (Å²) in [6.45, 7) is 5.08. The Labute approximate surface area is 114 Å². The van der Waals surface area contributed by atoms with E-state index in [9.17, 15) is 20.0 Å². The molecule has 106 valence electrons. The van der Waals surface area contributed by atoms with E-state index in [0.29, 0.717) is 5.75 Å². The summed E-state index contributed by atoms with van der Waals surface area (Å²) in [5, 5.41) is 21.2. The topological polar surface area (TPSA) is 98.9 Å². The first kappa shape index (κ1) is 14.0. The molecule has 1 unspecified atom stereocenters. The first-order valence-electron chi connectivity index (χ1n) is 5.93. The van der Waals surface area contributed by atoms with Crippen molar-refractivity contribution in [3.63, 3.8) is 0 Å². The number of nitro groups is 1. The maximum Gasteiger partial charge on any atom is 0.279 e. The van der Waals surface area contributed by atoms with E-state index < -0.39 is 11.0 Å². The average Bonchev–Trinajstić information content (AvgIpc) is 2.90. The Kier molecular flexibility index (Phi) is 3.71. The van der Waals surface area contributed by atoms with Crippen LogP contribution in [0.3, 0.4) is 0 Å². The predicted octanol–water partition coefficient (Wildman–Crippen LogP) is 1.89. The molecular formula is C13H13NO6. The van der Waals surface area contributed by atoms with Crippen molar-refractivity contribution in [1.82, 2.24) is 0 Å². The molecular weight excluding hydrogens is 266 g/mol. The number of Topliss-reactive ketones (excluding diaryl/α,β-unsaturated/α-hetero) is 1. The lowest BCUT2D eigenvalue weighted by Crippen LogP contribution is -2.11. The summed E-state index contributed by atoms with van der Waals surface area (Å²) in [6, 6.07) is 2.48.